The van der Waals surface area contributed by atoms with Crippen LogP contribution in [0.1, 0.15) is 34.3 Å². The van der Waals surface area contributed by atoms with Crippen molar-refractivity contribution in [2.45, 2.75) is 32.8 Å². The summed E-state index contributed by atoms with van der Waals surface area (Å²) in [7, 11) is 1.40. The molecule has 0 N–H and O–H groups in total. The molecule has 1 fully saturated rings. The van der Waals surface area contributed by atoms with Gasteiger partial charge in [0.1, 0.15) is 11.9 Å². The van der Waals surface area contributed by atoms with Crippen LogP contribution >= 0.6 is 0 Å². The van der Waals surface area contributed by atoms with Crippen molar-refractivity contribution in [1.82, 2.24) is 4.90 Å². The van der Waals surface area contributed by atoms with Gasteiger partial charge in [-0.25, -0.2) is 4.39 Å². The molecule has 3 rings (SSSR count). The van der Waals surface area contributed by atoms with E-state index >= 15 is 0 Å². The molecule has 0 unspecified atom stereocenters. The van der Waals surface area contributed by atoms with Gasteiger partial charge >= 0.3 is 0 Å². The quantitative estimate of drug-likeness (QED) is 0.826. The largest absolute Gasteiger partial charge is 0.494 e. The normalized spacial score (nSPS) is 15.0. The lowest BCUT2D eigenvalue weighted by molar-refractivity contribution is 0.0592. The Bertz CT molecular complexity index is 778. The summed E-state index contributed by atoms with van der Waals surface area (Å²) in [5.74, 6) is 0.403. The third kappa shape index (κ3) is 3.82. The summed E-state index contributed by atoms with van der Waals surface area (Å²) in [5.41, 5.74) is 2.59. The Morgan fingerprint density at radius 1 is 1.12 bits per heavy atom. The van der Waals surface area contributed by atoms with Crippen LogP contribution in [0.25, 0.3) is 0 Å². The van der Waals surface area contributed by atoms with E-state index in [9.17, 15) is 9.18 Å². The van der Waals surface area contributed by atoms with Gasteiger partial charge in [0.05, 0.1) is 7.11 Å². The number of piperidine rings is 1. The minimum Gasteiger partial charge on any atom is -0.494 e. The van der Waals surface area contributed by atoms with Crippen LogP contribution in [-0.4, -0.2) is 37.1 Å². The molecule has 2 aromatic rings. The predicted molar refractivity (Wildman–Crippen MR) is 98.4 cm³/mol. The van der Waals surface area contributed by atoms with E-state index in [-0.39, 0.29) is 17.8 Å². The summed E-state index contributed by atoms with van der Waals surface area (Å²) in [6, 6.07) is 10.4. The van der Waals surface area contributed by atoms with E-state index in [0.29, 0.717) is 18.7 Å². The highest BCUT2D eigenvalue weighted by Crippen LogP contribution is 2.27. The number of rotatable bonds is 4. The van der Waals surface area contributed by atoms with Gasteiger partial charge in [-0.1, -0.05) is 18.2 Å². The van der Waals surface area contributed by atoms with E-state index < -0.39 is 5.82 Å². The Morgan fingerprint density at radius 3 is 2.35 bits per heavy atom. The number of hydrogen-bond acceptors (Lipinski definition) is 3. The Hall–Kier alpha value is -2.56. The SMILES string of the molecule is COc1ccc(C(=O)N2CCC(Oc3c(C)cccc3C)CC2)cc1F. The zero-order valence-electron chi connectivity index (χ0n) is 15.4. The van der Waals surface area contributed by atoms with E-state index in [1.54, 1.807) is 11.0 Å². The predicted octanol–water partition coefficient (Wildman–Crippen LogP) is 4.13. The molecular weight excluding hydrogens is 333 g/mol. The first kappa shape index (κ1) is 18.2. The van der Waals surface area contributed by atoms with Crippen molar-refractivity contribution in [3.05, 3.63) is 58.9 Å². The third-order valence-corrected chi connectivity index (χ3v) is 4.82. The second-order valence-corrected chi connectivity index (χ2v) is 6.68. The number of benzene rings is 2. The van der Waals surface area contributed by atoms with Gasteiger partial charge in [-0.05, 0) is 43.2 Å². The Balaban J connectivity index is 1.61. The van der Waals surface area contributed by atoms with E-state index in [2.05, 4.69) is 0 Å². The smallest absolute Gasteiger partial charge is 0.253 e. The molecule has 0 aromatic heterocycles. The van der Waals surface area contributed by atoms with Crippen LogP contribution < -0.4 is 9.47 Å². The topological polar surface area (TPSA) is 38.8 Å². The fourth-order valence-corrected chi connectivity index (χ4v) is 3.31. The number of aryl methyl sites for hydroxylation is 2. The molecule has 138 valence electrons. The molecule has 2 aromatic carbocycles. The molecule has 1 heterocycles. The summed E-state index contributed by atoms with van der Waals surface area (Å²) in [5, 5.41) is 0. The van der Waals surface area contributed by atoms with Gasteiger partial charge in [0.2, 0.25) is 0 Å². The minimum atomic E-state index is -0.522. The number of carbonyl (C=O) groups excluding carboxylic acids is 1. The molecule has 4 nitrogen and oxygen atoms in total. The maximum Gasteiger partial charge on any atom is 0.253 e. The van der Waals surface area contributed by atoms with Crippen LogP contribution in [0.15, 0.2) is 36.4 Å². The van der Waals surface area contributed by atoms with Crippen LogP contribution in [0, 0.1) is 19.7 Å². The number of amides is 1. The summed E-state index contributed by atoms with van der Waals surface area (Å²) in [6.07, 6.45) is 1.61. The van der Waals surface area contributed by atoms with Crippen LogP contribution in [-0.2, 0) is 0 Å². The molecule has 0 bridgehead atoms. The van der Waals surface area contributed by atoms with Gasteiger partial charge in [0, 0.05) is 31.5 Å². The molecule has 1 aliphatic heterocycles. The summed E-state index contributed by atoms with van der Waals surface area (Å²) < 4.78 is 24.9. The molecule has 0 atom stereocenters. The average Bonchev–Trinajstić information content (AvgIpc) is 2.65. The molecular formula is C21H24FNO3. The van der Waals surface area contributed by atoms with Crippen molar-refractivity contribution in [1.29, 1.82) is 0 Å². The number of carbonyl (C=O) groups is 1. The van der Waals surface area contributed by atoms with Crippen molar-refractivity contribution in [2.75, 3.05) is 20.2 Å². The molecule has 0 radical (unpaired) electrons. The fourth-order valence-electron chi connectivity index (χ4n) is 3.31. The molecule has 0 aliphatic carbocycles. The highest BCUT2D eigenvalue weighted by Gasteiger charge is 2.26. The maximum absolute atomic E-state index is 13.8. The van der Waals surface area contributed by atoms with Gasteiger partial charge in [0.15, 0.2) is 11.6 Å². The second kappa shape index (κ2) is 7.77. The van der Waals surface area contributed by atoms with Gasteiger partial charge in [0.25, 0.3) is 5.91 Å². The highest BCUT2D eigenvalue weighted by atomic mass is 19.1. The van der Waals surface area contributed by atoms with Gasteiger partial charge in [-0.2, -0.15) is 0 Å². The summed E-state index contributed by atoms with van der Waals surface area (Å²) in [6.45, 7) is 5.28. The van der Waals surface area contributed by atoms with Crippen LogP contribution in [0.5, 0.6) is 11.5 Å². The lowest BCUT2D eigenvalue weighted by Gasteiger charge is -2.33. The van der Waals surface area contributed by atoms with Gasteiger partial charge in [-0.3, -0.25) is 4.79 Å². The van der Waals surface area contributed by atoms with Crippen LogP contribution in [0.4, 0.5) is 4.39 Å². The molecule has 1 saturated heterocycles. The lowest BCUT2D eigenvalue weighted by atomic mass is 10.0. The van der Waals surface area contributed by atoms with Crippen LogP contribution in [0.2, 0.25) is 0 Å². The number of para-hydroxylation sites is 1. The number of nitrogens with zero attached hydrogens (tertiary/aromatic N) is 1. The molecule has 5 heteroatoms. The fraction of sp³-hybridized carbons (Fsp3) is 0.381. The first-order valence-electron chi connectivity index (χ1n) is 8.85. The van der Waals surface area contributed by atoms with E-state index in [1.165, 1.54) is 19.2 Å². The maximum atomic E-state index is 13.8. The van der Waals surface area contributed by atoms with Crippen LogP contribution in [0.3, 0.4) is 0 Å². The first-order valence-corrected chi connectivity index (χ1v) is 8.85. The zero-order valence-corrected chi connectivity index (χ0v) is 15.4. The van der Waals surface area contributed by atoms with E-state index in [0.717, 1.165) is 29.7 Å². The summed E-state index contributed by atoms with van der Waals surface area (Å²) >= 11 is 0. The molecule has 0 spiro atoms. The van der Waals surface area contributed by atoms with Crippen molar-refractivity contribution in [3.63, 3.8) is 0 Å². The average molecular weight is 357 g/mol. The van der Waals surface area contributed by atoms with Crippen molar-refractivity contribution < 1.29 is 18.7 Å². The van der Waals surface area contributed by atoms with Crippen molar-refractivity contribution in [2.24, 2.45) is 0 Å². The molecule has 26 heavy (non-hydrogen) atoms. The standard InChI is InChI=1S/C21H24FNO3/c1-14-5-4-6-15(2)20(14)26-17-9-11-23(12-10-17)21(24)16-7-8-19(25-3)18(22)13-16/h4-8,13,17H,9-12H2,1-3H3. The van der Waals surface area contributed by atoms with Crippen molar-refractivity contribution in [3.8, 4) is 11.5 Å². The first-order chi connectivity index (χ1) is 12.5. The molecule has 1 amide bonds. The molecule has 1 aliphatic rings. The van der Waals surface area contributed by atoms with Crippen molar-refractivity contribution >= 4 is 5.91 Å². The number of hydrogen-bond donors (Lipinski definition) is 0. The van der Waals surface area contributed by atoms with E-state index in [1.807, 2.05) is 32.0 Å². The monoisotopic (exact) mass is 357 g/mol. The second-order valence-electron chi connectivity index (χ2n) is 6.68. The lowest BCUT2D eigenvalue weighted by Crippen LogP contribution is -2.41. The Labute approximate surface area is 153 Å². The van der Waals surface area contributed by atoms with E-state index in [4.69, 9.17) is 9.47 Å². The number of ether oxygens (including phenoxy) is 2. The number of methoxy groups -OCH3 is 1. The van der Waals surface area contributed by atoms with Gasteiger partial charge < -0.3 is 14.4 Å². The number of likely N-dealkylation sites (tertiary alicyclic amines) is 1. The number of halogens is 1. The third-order valence-electron chi connectivity index (χ3n) is 4.82. The zero-order chi connectivity index (χ0) is 18.7. The summed E-state index contributed by atoms with van der Waals surface area (Å²) in [4.78, 5) is 14.4. The highest BCUT2D eigenvalue weighted by molar-refractivity contribution is 5.94. The molecule has 0 saturated carbocycles. The van der Waals surface area contributed by atoms with Gasteiger partial charge in [-0.15, -0.1) is 0 Å². The Kier molecular flexibility index (Phi) is 5.45. The Morgan fingerprint density at radius 2 is 1.77 bits per heavy atom. The minimum absolute atomic E-state index is 0.0893.